The Morgan fingerprint density at radius 1 is 1.00 bits per heavy atom. The van der Waals surface area contributed by atoms with E-state index >= 15 is 0 Å². The first-order chi connectivity index (χ1) is 13.8. The van der Waals surface area contributed by atoms with E-state index in [0.29, 0.717) is 17.0 Å². The van der Waals surface area contributed by atoms with Gasteiger partial charge in [0.2, 0.25) is 11.8 Å². The van der Waals surface area contributed by atoms with Gasteiger partial charge in [-0.05, 0) is 23.6 Å². The number of rotatable bonds is 9. The van der Waals surface area contributed by atoms with Gasteiger partial charge in [-0.2, -0.15) is 0 Å². The molecule has 2 aromatic carbocycles. The average molecular weight is 416 g/mol. The number of benzene rings is 2. The third-order valence-electron chi connectivity index (χ3n) is 4.85. The lowest BCUT2D eigenvalue weighted by Gasteiger charge is -2.24. The van der Waals surface area contributed by atoms with E-state index in [4.69, 9.17) is 17.3 Å². The first-order valence-electron chi connectivity index (χ1n) is 9.52. The lowest BCUT2D eigenvalue weighted by Crippen LogP contribution is -2.49. The minimum absolute atomic E-state index is 0.0412. The maximum Gasteiger partial charge on any atom is 0.253 e. The second kappa shape index (κ2) is 10.6. The molecular weight excluding hydrogens is 390 g/mol. The molecule has 2 aromatic rings. The van der Waals surface area contributed by atoms with Crippen LogP contribution in [0.3, 0.4) is 0 Å². The summed E-state index contributed by atoms with van der Waals surface area (Å²) in [7, 11) is 0. The molecule has 0 aliphatic rings. The van der Waals surface area contributed by atoms with Gasteiger partial charge in [0.15, 0.2) is 0 Å². The molecule has 4 N–H and O–H groups in total. The number of hydrogen-bond acceptors (Lipinski definition) is 3. The fourth-order valence-electron chi connectivity index (χ4n) is 2.97. The van der Waals surface area contributed by atoms with E-state index in [1.165, 1.54) is 0 Å². The molecule has 0 aliphatic carbocycles. The molecule has 0 bridgehead atoms. The molecule has 3 atom stereocenters. The molecular formula is C22H26ClN3O3. The Balaban J connectivity index is 2.19. The van der Waals surface area contributed by atoms with Crippen molar-refractivity contribution in [1.29, 1.82) is 0 Å². The summed E-state index contributed by atoms with van der Waals surface area (Å²) in [5.74, 6) is -1.43. The Bertz CT molecular complexity index is 857. The van der Waals surface area contributed by atoms with Crippen molar-refractivity contribution in [2.45, 2.75) is 38.8 Å². The zero-order chi connectivity index (χ0) is 21.4. The zero-order valence-corrected chi connectivity index (χ0v) is 17.3. The monoisotopic (exact) mass is 415 g/mol. The van der Waals surface area contributed by atoms with Gasteiger partial charge in [-0.1, -0.05) is 74.3 Å². The summed E-state index contributed by atoms with van der Waals surface area (Å²) in [4.78, 5) is 37.1. The molecule has 3 amide bonds. The third kappa shape index (κ3) is 6.32. The summed E-state index contributed by atoms with van der Waals surface area (Å²) in [6.07, 6.45) is 0.652. The van der Waals surface area contributed by atoms with Crippen LogP contribution in [0.2, 0.25) is 5.02 Å². The SMILES string of the molecule is CCC(C)C(NC(=O)CC(NC(=O)c1ccccc1Cl)c1ccccc1)C(N)=O. The molecule has 0 aliphatic heterocycles. The van der Waals surface area contributed by atoms with Crippen molar-refractivity contribution >= 4 is 29.3 Å². The number of nitrogens with one attached hydrogen (secondary N) is 2. The number of nitrogens with two attached hydrogens (primary N) is 1. The summed E-state index contributed by atoms with van der Waals surface area (Å²) in [5.41, 5.74) is 6.53. The zero-order valence-electron chi connectivity index (χ0n) is 16.5. The van der Waals surface area contributed by atoms with Crippen molar-refractivity contribution in [1.82, 2.24) is 10.6 Å². The van der Waals surface area contributed by atoms with E-state index < -0.39 is 18.0 Å². The van der Waals surface area contributed by atoms with Gasteiger partial charge in [0.1, 0.15) is 6.04 Å². The van der Waals surface area contributed by atoms with Crippen LogP contribution in [0.4, 0.5) is 0 Å². The number of primary amides is 1. The quantitative estimate of drug-likeness (QED) is 0.586. The van der Waals surface area contributed by atoms with Crippen molar-refractivity contribution < 1.29 is 14.4 Å². The Hall–Kier alpha value is -2.86. The molecule has 0 radical (unpaired) electrons. The van der Waals surface area contributed by atoms with Crippen LogP contribution in [0, 0.1) is 5.92 Å². The highest BCUT2D eigenvalue weighted by Gasteiger charge is 2.26. The molecule has 154 valence electrons. The topological polar surface area (TPSA) is 101 Å². The van der Waals surface area contributed by atoms with Crippen LogP contribution in [-0.4, -0.2) is 23.8 Å². The highest BCUT2D eigenvalue weighted by atomic mass is 35.5. The maximum atomic E-state index is 12.7. The van der Waals surface area contributed by atoms with Crippen LogP contribution in [0.15, 0.2) is 54.6 Å². The lowest BCUT2D eigenvalue weighted by molar-refractivity contribution is -0.128. The normalized spacial score (nSPS) is 13.8. The van der Waals surface area contributed by atoms with Crippen LogP contribution in [-0.2, 0) is 9.59 Å². The Morgan fingerprint density at radius 2 is 1.62 bits per heavy atom. The van der Waals surface area contributed by atoms with E-state index in [9.17, 15) is 14.4 Å². The van der Waals surface area contributed by atoms with Crippen LogP contribution >= 0.6 is 11.6 Å². The second-order valence-electron chi connectivity index (χ2n) is 6.95. The molecule has 7 heteroatoms. The fraction of sp³-hybridized carbons (Fsp3) is 0.318. The summed E-state index contributed by atoms with van der Waals surface area (Å²) in [5, 5.41) is 5.89. The number of amides is 3. The van der Waals surface area contributed by atoms with Crippen molar-refractivity contribution in [2.24, 2.45) is 11.7 Å². The molecule has 2 rings (SSSR count). The smallest absolute Gasteiger partial charge is 0.253 e. The lowest BCUT2D eigenvalue weighted by atomic mass is 9.97. The van der Waals surface area contributed by atoms with Crippen molar-refractivity contribution in [3.8, 4) is 0 Å². The Kier molecular flexibility index (Phi) is 8.21. The number of halogens is 1. The fourth-order valence-corrected chi connectivity index (χ4v) is 3.19. The molecule has 0 fully saturated rings. The highest BCUT2D eigenvalue weighted by molar-refractivity contribution is 6.33. The van der Waals surface area contributed by atoms with Gasteiger partial charge in [0, 0.05) is 0 Å². The largest absolute Gasteiger partial charge is 0.368 e. The molecule has 0 spiro atoms. The predicted molar refractivity (Wildman–Crippen MR) is 113 cm³/mol. The molecule has 29 heavy (non-hydrogen) atoms. The van der Waals surface area contributed by atoms with E-state index in [0.717, 1.165) is 5.56 Å². The van der Waals surface area contributed by atoms with Gasteiger partial charge < -0.3 is 16.4 Å². The molecule has 0 saturated heterocycles. The van der Waals surface area contributed by atoms with Gasteiger partial charge in [-0.25, -0.2) is 0 Å². The first-order valence-corrected chi connectivity index (χ1v) is 9.90. The molecule has 0 heterocycles. The van der Waals surface area contributed by atoms with Crippen LogP contribution < -0.4 is 16.4 Å². The van der Waals surface area contributed by atoms with E-state index in [1.807, 2.05) is 44.2 Å². The molecule has 3 unspecified atom stereocenters. The van der Waals surface area contributed by atoms with E-state index in [1.54, 1.807) is 24.3 Å². The van der Waals surface area contributed by atoms with Gasteiger partial charge in [0.05, 0.1) is 23.0 Å². The Morgan fingerprint density at radius 3 is 2.21 bits per heavy atom. The summed E-state index contributed by atoms with van der Waals surface area (Å²) in [6, 6.07) is 14.5. The Labute approximate surface area is 175 Å². The highest BCUT2D eigenvalue weighted by Crippen LogP contribution is 2.20. The molecule has 0 saturated carbocycles. The van der Waals surface area contributed by atoms with Crippen molar-refractivity contribution in [3.63, 3.8) is 0 Å². The average Bonchev–Trinajstić information content (AvgIpc) is 2.71. The van der Waals surface area contributed by atoms with Crippen LogP contribution in [0.5, 0.6) is 0 Å². The number of carbonyl (C=O) groups is 3. The number of hydrogen-bond donors (Lipinski definition) is 3. The molecule has 6 nitrogen and oxygen atoms in total. The van der Waals surface area contributed by atoms with Gasteiger partial charge in [0.25, 0.3) is 5.91 Å². The predicted octanol–water partition coefficient (Wildman–Crippen LogP) is 3.22. The number of carbonyl (C=O) groups excluding carboxylic acids is 3. The standard InChI is InChI=1S/C22H26ClN3O3/c1-3-14(2)20(21(24)28)26-19(27)13-18(15-9-5-4-6-10-15)25-22(29)16-11-7-8-12-17(16)23/h4-12,14,18,20H,3,13H2,1-2H3,(H2,24,28)(H,25,29)(H,26,27). The molecule has 0 aromatic heterocycles. The summed E-state index contributed by atoms with van der Waals surface area (Å²) >= 11 is 6.12. The van der Waals surface area contributed by atoms with Crippen molar-refractivity contribution in [3.05, 3.63) is 70.7 Å². The maximum absolute atomic E-state index is 12.7. The van der Waals surface area contributed by atoms with E-state index in [2.05, 4.69) is 10.6 Å². The second-order valence-corrected chi connectivity index (χ2v) is 7.36. The van der Waals surface area contributed by atoms with Gasteiger partial charge in [-0.3, -0.25) is 14.4 Å². The third-order valence-corrected chi connectivity index (χ3v) is 5.18. The summed E-state index contributed by atoms with van der Waals surface area (Å²) < 4.78 is 0. The van der Waals surface area contributed by atoms with Gasteiger partial charge in [-0.15, -0.1) is 0 Å². The van der Waals surface area contributed by atoms with Crippen LogP contribution in [0.25, 0.3) is 0 Å². The first kappa shape index (κ1) is 22.4. The van der Waals surface area contributed by atoms with E-state index in [-0.39, 0.29) is 24.2 Å². The minimum atomic E-state index is -0.761. The summed E-state index contributed by atoms with van der Waals surface area (Å²) in [6.45, 7) is 3.77. The minimum Gasteiger partial charge on any atom is -0.368 e. The van der Waals surface area contributed by atoms with Crippen molar-refractivity contribution in [2.75, 3.05) is 0 Å². The van der Waals surface area contributed by atoms with Crippen LogP contribution in [0.1, 0.15) is 48.7 Å². The van der Waals surface area contributed by atoms with Gasteiger partial charge >= 0.3 is 0 Å².